The molecule has 1 atom stereocenters. The lowest BCUT2D eigenvalue weighted by molar-refractivity contribution is 0.426. The largest absolute Gasteiger partial charge is 0.218 e. The van der Waals surface area contributed by atoms with Crippen molar-refractivity contribution in [2.24, 2.45) is 0 Å². The second-order valence-electron chi connectivity index (χ2n) is 6.31. The van der Waals surface area contributed by atoms with E-state index in [2.05, 4.69) is 0 Å². The number of hydrogen-bond donors (Lipinski definition) is 0. The van der Waals surface area contributed by atoms with Crippen LogP contribution in [-0.2, 0) is 15.8 Å². The lowest BCUT2D eigenvalue weighted by Gasteiger charge is -2.20. The first-order chi connectivity index (χ1) is 12.0. The van der Waals surface area contributed by atoms with Gasteiger partial charge in [0.1, 0.15) is 5.82 Å². The van der Waals surface area contributed by atoms with Crippen LogP contribution in [0, 0.1) is 12.7 Å². The van der Waals surface area contributed by atoms with Crippen LogP contribution in [0.4, 0.5) is 4.39 Å². The van der Waals surface area contributed by atoms with E-state index in [1.807, 2.05) is 37.3 Å². The zero-order valence-corrected chi connectivity index (χ0v) is 15.8. The standard InChI is InChI=1S/C19H22FNO2S2/c1-15-5-4-6-16(13-15)14-25(22,23)21-10-9-19(24-12-11-21)17-7-2-3-8-18(17)20/h2-8,13,19H,9-12,14H2,1H3. The Hall–Kier alpha value is -1.37. The van der Waals surface area contributed by atoms with Gasteiger partial charge in [0.2, 0.25) is 10.0 Å². The maximum atomic E-state index is 14.0. The molecule has 0 saturated carbocycles. The van der Waals surface area contributed by atoms with Crippen LogP contribution in [0.15, 0.2) is 48.5 Å². The van der Waals surface area contributed by atoms with Crippen LogP contribution >= 0.6 is 11.8 Å². The Morgan fingerprint density at radius 1 is 1.16 bits per heavy atom. The van der Waals surface area contributed by atoms with Crippen LogP contribution in [0.25, 0.3) is 0 Å². The Morgan fingerprint density at radius 3 is 2.72 bits per heavy atom. The molecule has 3 nitrogen and oxygen atoms in total. The summed E-state index contributed by atoms with van der Waals surface area (Å²) in [5.74, 6) is 0.478. The van der Waals surface area contributed by atoms with Gasteiger partial charge in [0.15, 0.2) is 0 Å². The summed E-state index contributed by atoms with van der Waals surface area (Å²) in [6.07, 6.45) is 0.624. The third kappa shape index (κ3) is 4.63. The Bertz CT molecular complexity index is 839. The minimum atomic E-state index is -3.37. The minimum Gasteiger partial charge on any atom is -0.212 e. The van der Waals surface area contributed by atoms with Crippen molar-refractivity contribution in [3.8, 4) is 0 Å². The first kappa shape index (κ1) is 18.4. The zero-order valence-electron chi connectivity index (χ0n) is 14.2. The van der Waals surface area contributed by atoms with E-state index in [1.54, 1.807) is 28.2 Å². The van der Waals surface area contributed by atoms with Crippen molar-refractivity contribution in [3.05, 3.63) is 71.0 Å². The molecule has 1 aliphatic rings. The molecule has 2 aromatic rings. The van der Waals surface area contributed by atoms with Crippen molar-refractivity contribution < 1.29 is 12.8 Å². The van der Waals surface area contributed by atoms with Crippen molar-refractivity contribution >= 4 is 21.8 Å². The molecule has 0 aliphatic carbocycles. The number of halogens is 1. The lowest BCUT2D eigenvalue weighted by atomic mass is 10.1. The molecule has 1 unspecified atom stereocenters. The van der Waals surface area contributed by atoms with Gasteiger partial charge >= 0.3 is 0 Å². The molecule has 134 valence electrons. The summed E-state index contributed by atoms with van der Waals surface area (Å²) in [5.41, 5.74) is 2.53. The topological polar surface area (TPSA) is 37.4 Å². The van der Waals surface area contributed by atoms with E-state index in [-0.39, 0.29) is 16.8 Å². The molecule has 1 aliphatic heterocycles. The van der Waals surface area contributed by atoms with Crippen molar-refractivity contribution in [3.63, 3.8) is 0 Å². The first-order valence-electron chi connectivity index (χ1n) is 8.35. The molecular formula is C19H22FNO2S2. The minimum absolute atomic E-state index is 0.000342. The molecule has 2 aromatic carbocycles. The van der Waals surface area contributed by atoms with Crippen molar-refractivity contribution in [2.75, 3.05) is 18.8 Å². The fourth-order valence-corrected chi connectivity index (χ4v) is 6.02. The SMILES string of the molecule is Cc1cccc(CS(=O)(=O)N2CCSC(c3ccccc3F)CC2)c1. The Morgan fingerprint density at radius 2 is 1.96 bits per heavy atom. The number of nitrogens with zero attached hydrogens (tertiary/aromatic N) is 1. The normalized spacial score (nSPS) is 19.5. The lowest BCUT2D eigenvalue weighted by Crippen LogP contribution is -2.34. The summed E-state index contributed by atoms with van der Waals surface area (Å²) >= 11 is 1.63. The second kappa shape index (κ2) is 7.89. The predicted molar refractivity (Wildman–Crippen MR) is 102 cm³/mol. The van der Waals surface area contributed by atoms with Crippen molar-refractivity contribution in [2.45, 2.75) is 24.3 Å². The molecule has 6 heteroatoms. The maximum absolute atomic E-state index is 14.0. The van der Waals surface area contributed by atoms with Gasteiger partial charge in [0.25, 0.3) is 0 Å². The third-order valence-corrected chi connectivity index (χ3v) is 7.54. The smallest absolute Gasteiger partial charge is 0.212 e. The molecule has 0 N–H and O–H groups in total. The molecule has 0 amide bonds. The third-order valence-electron chi connectivity index (χ3n) is 4.38. The number of thioether (sulfide) groups is 1. The van der Waals surface area contributed by atoms with Crippen LogP contribution in [0.2, 0.25) is 0 Å². The maximum Gasteiger partial charge on any atom is 0.218 e. The average molecular weight is 380 g/mol. The van der Waals surface area contributed by atoms with Gasteiger partial charge in [-0.15, -0.1) is 0 Å². The van der Waals surface area contributed by atoms with E-state index in [0.717, 1.165) is 11.1 Å². The van der Waals surface area contributed by atoms with Crippen LogP contribution in [-0.4, -0.2) is 31.6 Å². The van der Waals surface area contributed by atoms with Crippen LogP contribution in [0.5, 0.6) is 0 Å². The molecule has 25 heavy (non-hydrogen) atoms. The van der Waals surface area contributed by atoms with Crippen molar-refractivity contribution in [1.82, 2.24) is 4.31 Å². The van der Waals surface area contributed by atoms with E-state index < -0.39 is 10.0 Å². The van der Waals surface area contributed by atoms with Crippen LogP contribution in [0.3, 0.4) is 0 Å². The molecule has 0 bridgehead atoms. The highest BCUT2D eigenvalue weighted by Gasteiger charge is 2.28. The van der Waals surface area contributed by atoms with Gasteiger partial charge in [-0.1, -0.05) is 48.0 Å². The molecule has 0 radical (unpaired) electrons. The van der Waals surface area contributed by atoms with Gasteiger partial charge < -0.3 is 0 Å². The molecule has 0 spiro atoms. The van der Waals surface area contributed by atoms with Gasteiger partial charge in [0.05, 0.1) is 5.75 Å². The summed E-state index contributed by atoms with van der Waals surface area (Å²) in [7, 11) is -3.37. The number of sulfonamides is 1. The van der Waals surface area contributed by atoms with E-state index in [0.29, 0.717) is 30.8 Å². The fourth-order valence-electron chi connectivity index (χ4n) is 3.12. The van der Waals surface area contributed by atoms with Crippen LogP contribution in [0.1, 0.15) is 28.4 Å². The Balaban J connectivity index is 1.71. The number of rotatable bonds is 4. The number of benzene rings is 2. The van der Waals surface area contributed by atoms with Gasteiger partial charge in [-0.05, 0) is 25.0 Å². The molecule has 0 aromatic heterocycles. The number of aryl methyl sites for hydroxylation is 1. The molecule has 1 saturated heterocycles. The summed E-state index contributed by atoms with van der Waals surface area (Å²) in [6.45, 7) is 2.86. The average Bonchev–Trinajstić information content (AvgIpc) is 2.81. The van der Waals surface area contributed by atoms with Gasteiger partial charge in [-0.3, -0.25) is 0 Å². The fraction of sp³-hybridized carbons (Fsp3) is 0.368. The predicted octanol–water partition coefficient (Wildman–Crippen LogP) is 4.14. The Kier molecular flexibility index (Phi) is 5.81. The number of hydrogen-bond acceptors (Lipinski definition) is 3. The molecule has 1 fully saturated rings. The second-order valence-corrected chi connectivity index (χ2v) is 9.59. The van der Waals surface area contributed by atoms with E-state index in [1.165, 1.54) is 6.07 Å². The quantitative estimate of drug-likeness (QED) is 0.801. The Labute approximate surface area is 153 Å². The first-order valence-corrected chi connectivity index (χ1v) is 11.0. The van der Waals surface area contributed by atoms with E-state index in [4.69, 9.17) is 0 Å². The molecular weight excluding hydrogens is 357 g/mol. The van der Waals surface area contributed by atoms with Crippen molar-refractivity contribution in [1.29, 1.82) is 0 Å². The molecule has 3 rings (SSSR count). The highest BCUT2D eigenvalue weighted by Crippen LogP contribution is 2.36. The van der Waals surface area contributed by atoms with E-state index >= 15 is 0 Å². The highest BCUT2D eigenvalue weighted by molar-refractivity contribution is 7.99. The van der Waals surface area contributed by atoms with Crippen LogP contribution < -0.4 is 0 Å². The van der Waals surface area contributed by atoms with Gasteiger partial charge in [0, 0.05) is 29.7 Å². The monoisotopic (exact) mass is 379 g/mol. The summed E-state index contributed by atoms with van der Waals surface area (Å²) in [4.78, 5) is 0. The molecule has 1 heterocycles. The highest BCUT2D eigenvalue weighted by atomic mass is 32.2. The summed E-state index contributed by atoms with van der Waals surface area (Å²) in [6, 6.07) is 14.4. The summed E-state index contributed by atoms with van der Waals surface area (Å²) < 4.78 is 41.1. The van der Waals surface area contributed by atoms with E-state index in [9.17, 15) is 12.8 Å². The zero-order chi connectivity index (χ0) is 17.9. The van der Waals surface area contributed by atoms with Gasteiger partial charge in [-0.25, -0.2) is 17.1 Å². The summed E-state index contributed by atoms with van der Waals surface area (Å²) in [5, 5.41) is 0.000342. The van der Waals surface area contributed by atoms with Gasteiger partial charge in [-0.2, -0.15) is 11.8 Å².